The van der Waals surface area contributed by atoms with Gasteiger partial charge in [-0.2, -0.15) is 0 Å². The highest BCUT2D eigenvalue weighted by Crippen LogP contribution is 2.31. The summed E-state index contributed by atoms with van der Waals surface area (Å²) in [5.41, 5.74) is 6.67. The van der Waals surface area contributed by atoms with E-state index in [4.69, 9.17) is 0 Å². The number of amides is 2. The normalized spacial score (nSPS) is 17.1. The maximum absolute atomic E-state index is 13.8. The first-order chi connectivity index (χ1) is 15.3. The molecule has 0 unspecified atom stereocenters. The van der Waals surface area contributed by atoms with Crippen LogP contribution in [-0.2, 0) is 9.59 Å². The molecule has 4 nitrogen and oxygen atoms in total. The Morgan fingerprint density at radius 2 is 1.50 bits per heavy atom. The Hall–Kier alpha value is -3.66. The first kappa shape index (κ1) is 21.6. The highest BCUT2D eigenvalue weighted by atomic mass is 16.2. The molecule has 1 saturated heterocycles. The molecule has 1 aliphatic heterocycles. The molecular weight excluding hydrogens is 396 g/mol. The molecule has 1 fully saturated rings. The summed E-state index contributed by atoms with van der Waals surface area (Å²) < 4.78 is 0. The van der Waals surface area contributed by atoms with Crippen molar-refractivity contribution in [2.24, 2.45) is 0 Å². The van der Waals surface area contributed by atoms with E-state index in [1.807, 2.05) is 107 Å². The van der Waals surface area contributed by atoms with Gasteiger partial charge in [0.25, 0.3) is 5.91 Å². The van der Waals surface area contributed by atoms with Crippen LogP contribution in [0.2, 0.25) is 0 Å². The number of piperazine rings is 1. The third-order valence-electron chi connectivity index (χ3n) is 6.06. The van der Waals surface area contributed by atoms with E-state index >= 15 is 0 Å². The van der Waals surface area contributed by atoms with Crippen molar-refractivity contribution in [2.75, 3.05) is 16.3 Å². The first-order valence-electron chi connectivity index (χ1n) is 10.9. The molecule has 1 heterocycles. The molecule has 4 heteroatoms. The molecule has 3 aromatic rings. The van der Waals surface area contributed by atoms with E-state index in [0.29, 0.717) is 0 Å². The summed E-state index contributed by atoms with van der Waals surface area (Å²) in [5, 5.41) is 0. The number of hydrogen-bond acceptors (Lipinski definition) is 2. The van der Waals surface area contributed by atoms with E-state index in [9.17, 15) is 9.59 Å². The Bertz CT molecular complexity index is 1180. The van der Waals surface area contributed by atoms with Crippen LogP contribution < -0.4 is 9.80 Å². The van der Waals surface area contributed by atoms with Gasteiger partial charge in [-0.1, -0.05) is 60.2 Å². The number of hydrogen-bond donors (Lipinski definition) is 0. The lowest BCUT2D eigenvalue weighted by Gasteiger charge is -2.41. The molecule has 0 N–H and O–H groups in total. The van der Waals surface area contributed by atoms with Crippen LogP contribution in [0.4, 0.5) is 11.4 Å². The van der Waals surface area contributed by atoms with Crippen LogP contribution in [0, 0.1) is 20.8 Å². The van der Waals surface area contributed by atoms with Crippen LogP contribution in [0.25, 0.3) is 6.08 Å². The fourth-order valence-corrected chi connectivity index (χ4v) is 4.09. The quantitative estimate of drug-likeness (QED) is 0.558. The lowest BCUT2D eigenvalue weighted by Crippen LogP contribution is -2.61. The third kappa shape index (κ3) is 4.22. The zero-order valence-electron chi connectivity index (χ0n) is 19.0. The zero-order chi connectivity index (χ0) is 22.8. The maximum Gasteiger partial charge on any atom is 0.254 e. The number of carbonyl (C=O) groups is 2. The minimum atomic E-state index is -0.708. The van der Waals surface area contributed by atoms with E-state index in [1.54, 1.807) is 9.80 Å². The van der Waals surface area contributed by atoms with E-state index in [0.717, 1.165) is 39.2 Å². The summed E-state index contributed by atoms with van der Waals surface area (Å²) in [5.74, 6) is -0.199. The summed E-state index contributed by atoms with van der Waals surface area (Å²) in [6.45, 7) is 8.01. The van der Waals surface area contributed by atoms with Gasteiger partial charge in [0.15, 0.2) is 0 Å². The Morgan fingerprint density at radius 3 is 2.16 bits per heavy atom. The zero-order valence-corrected chi connectivity index (χ0v) is 19.0. The molecule has 4 rings (SSSR count). The summed E-state index contributed by atoms with van der Waals surface area (Å²) in [7, 11) is 0. The minimum absolute atomic E-state index is 0.0182. The molecule has 32 heavy (non-hydrogen) atoms. The summed E-state index contributed by atoms with van der Waals surface area (Å²) in [6, 6.07) is 22.8. The largest absolute Gasteiger partial charge is 0.301 e. The molecule has 0 aliphatic carbocycles. The molecule has 162 valence electrons. The first-order valence-corrected chi connectivity index (χ1v) is 10.9. The predicted molar refractivity (Wildman–Crippen MR) is 131 cm³/mol. The van der Waals surface area contributed by atoms with E-state index in [1.165, 1.54) is 0 Å². The van der Waals surface area contributed by atoms with Crippen molar-refractivity contribution >= 4 is 29.3 Å². The Labute approximate surface area is 189 Å². The molecule has 0 spiro atoms. The van der Waals surface area contributed by atoms with Crippen molar-refractivity contribution in [3.8, 4) is 0 Å². The standard InChI is InChI=1S/C28H28N2O2/c1-19-10-13-24(14-11-19)30-26(31)18-29(25-15-12-20(2)21(3)17-25)28(32)27(30)22(4)16-23-8-6-5-7-9-23/h5-17,27H,18H2,1-4H3/b22-16-/t27-/m1/s1. The average molecular weight is 425 g/mol. The van der Waals surface area contributed by atoms with Gasteiger partial charge < -0.3 is 4.90 Å². The lowest BCUT2D eigenvalue weighted by atomic mass is 9.98. The average Bonchev–Trinajstić information content (AvgIpc) is 2.78. The van der Waals surface area contributed by atoms with Crippen LogP contribution >= 0.6 is 0 Å². The molecule has 2 amide bonds. The van der Waals surface area contributed by atoms with Crippen LogP contribution in [0.15, 0.2) is 78.4 Å². The highest BCUT2D eigenvalue weighted by Gasteiger charge is 2.41. The van der Waals surface area contributed by atoms with Crippen molar-refractivity contribution in [3.05, 3.63) is 101 Å². The van der Waals surface area contributed by atoms with Crippen molar-refractivity contribution in [1.29, 1.82) is 0 Å². The fraction of sp³-hybridized carbons (Fsp3) is 0.214. The van der Waals surface area contributed by atoms with Gasteiger partial charge in [-0.25, -0.2) is 0 Å². The molecule has 1 atom stereocenters. The Morgan fingerprint density at radius 1 is 0.844 bits per heavy atom. The van der Waals surface area contributed by atoms with Gasteiger partial charge in [0.2, 0.25) is 5.91 Å². The molecule has 3 aromatic carbocycles. The lowest BCUT2D eigenvalue weighted by molar-refractivity contribution is -0.127. The van der Waals surface area contributed by atoms with Crippen molar-refractivity contribution in [2.45, 2.75) is 33.7 Å². The van der Waals surface area contributed by atoms with E-state index < -0.39 is 6.04 Å². The SMILES string of the molecule is C/C(=C/c1ccccc1)[C@@H]1C(=O)N(c2ccc(C)c(C)c2)CC(=O)N1c1ccc(C)cc1. The number of benzene rings is 3. The number of nitrogens with zero attached hydrogens (tertiary/aromatic N) is 2. The Kier molecular flexibility index (Phi) is 5.95. The van der Waals surface area contributed by atoms with Gasteiger partial charge in [-0.3, -0.25) is 14.5 Å². The second-order valence-corrected chi connectivity index (χ2v) is 8.49. The maximum atomic E-state index is 13.8. The second-order valence-electron chi connectivity index (χ2n) is 8.49. The monoisotopic (exact) mass is 424 g/mol. The number of carbonyl (C=O) groups excluding carboxylic acids is 2. The smallest absolute Gasteiger partial charge is 0.254 e. The minimum Gasteiger partial charge on any atom is -0.301 e. The van der Waals surface area contributed by atoms with Gasteiger partial charge in [-0.05, 0) is 74.2 Å². The summed E-state index contributed by atoms with van der Waals surface area (Å²) in [6.07, 6.45) is 1.99. The van der Waals surface area contributed by atoms with Crippen molar-refractivity contribution in [3.63, 3.8) is 0 Å². The molecule has 0 radical (unpaired) electrons. The summed E-state index contributed by atoms with van der Waals surface area (Å²) in [4.78, 5) is 30.5. The van der Waals surface area contributed by atoms with Gasteiger partial charge in [0.1, 0.15) is 12.6 Å². The van der Waals surface area contributed by atoms with Crippen LogP contribution in [0.5, 0.6) is 0 Å². The fourth-order valence-electron chi connectivity index (χ4n) is 4.09. The van der Waals surface area contributed by atoms with E-state index in [-0.39, 0.29) is 18.4 Å². The molecule has 0 saturated carbocycles. The summed E-state index contributed by atoms with van der Waals surface area (Å²) >= 11 is 0. The second kappa shape index (κ2) is 8.83. The van der Waals surface area contributed by atoms with Crippen molar-refractivity contribution in [1.82, 2.24) is 0 Å². The van der Waals surface area contributed by atoms with Gasteiger partial charge >= 0.3 is 0 Å². The Balaban J connectivity index is 1.80. The predicted octanol–water partition coefficient (Wildman–Crippen LogP) is 5.46. The highest BCUT2D eigenvalue weighted by molar-refractivity contribution is 6.16. The van der Waals surface area contributed by atoms with Gasteiger partial charge in [-0.15, -0.1) is 0 Å². The van der Waals surface area contributed by atoms with Crippen LogP contribution in [-0.4, -0.2) is 24.4 Å². The van der Waals surface area contributed by atoms with Gasteiger partial charge in [0, 0.05) is 11.4 Å². The molecular formula is C28H28N2O2. The topological polar surface area (TPSA) is 40.6 Å². The van der Waals surface area contributed by atoms with Gasteiger partial charge in [0.05, 0.1) is 0 Å². The molecule has 1 aliphatic rings. The molecule has 0 aromatic heterocycles. The third-order valence-corrected chi connectivity index (χ3v) is 6.06. The number of aryl methyl sites for hydroxylation is 3. The number of rotatable bonds is 4. The van der Waals surface area contributed by atoms with Crippen LogP contribution in [0.1, 0.15) is 29.2 Å². The van der Waals surface area contributed by atoms with Crippen LogP contribution in [0.3, 0.4) is 0 Å². The van der Waals surface area contributed by atoms with Crippen molar-refractivity contribution < 1.29 is 9.59 Å². The van der Waals surface area contributed by atoms with E-state index in [2.05, 4.69) is 0 Å². The number of anilines is 2. The molecule has 0 bridgehead atoms.